The Labute approximate surface area is 206 Å². The van der Waals surface area contributed by atoms with Gasteiger partial charge in [0.05, 0.1) is 12.5 Å². The van der Waals surface area contributed by atoms with Gasteiger partial charge in [-0.2, -0.15) is 0 Å². The fourth-order valence-electron chi connectivity index (χ4n) is 4.34. The number of nitrogens with zero attached hydrogens (tertiary/aromatic N) is 2. The smallest absolute Gasteiger partial charge is 0.228 e. The number of rotatable bonds is 9. The SMILES string of the molecule is CC(c1ccccc1)N(Cc1cc(NC(=O)C2CCC2)ccc1N(C)C)C(=O)Cc1cccs1. The predicted octanol–water partition coefficient (Wildman–Crippen LogP) is 5.89. The quantitative estimate of drug-likeness (QED) is 0.420. The highest BCUT2D eigenvalue weighted by Gasteiger charge is 2.26. The standard InChI is InChI=1S/C28H33N3O2S/c1-20(21-9-5-4-6-10-21)31(27(32)18-25-13-8-16-34-25)19-23-17-24(14-15-26(23)30(2)3)29-28(33)22-11-7-12-22/h4-6,8-10,13-17,20,22H,7,11-12,18-19H2,1-3H3,(H,29,33). The molecule has 0 saturated heterocycles. The number of thiophene rings is 1. The molecular formula is C28H33N3O2S. The summed E-state index contributed by atoms with van der Waals surface area (Å²) in [4.78, 5) is 31.2. The number of nitrogens with one attached hydrogen (secondary N) is 1. The molecule has 5 nitrogen and oxygen atoms in total. The molecule has 1 atom stereocenters. The van der Waals surface area contributed by atoms with Gasteiger partial charge in [0.25, 0.3) is 0 Å². The van der Waals surface area contributed by atoms with Crippen LogP contribution in [0, 0.1) is 5.92 Å². The minimum atomic E-state index is -0.0862. The molecule has 0 bridgehead atoms. The second-order valence-electron chi connectivity index (χ2n) is 9.22. The first-order valence-corrected chi connectivity index (χ1v) is 12.8. The third-order valence-corrected chi connectivity index (χ3v) is 7.50. The Kier molecular flexibility index (Phi) is 7.68. The van der Waals surface area contributed by atoms with Crippen LogP contribution in [0.25, 0.3) is 0 Å². The van der Waals surface area contributed by atoms with Gasteiger partial charge in [0.1, 0.15) is 0 Å². The fourth-order valence-corrected chi connectivity index (χ4v) is 5.04. The molecule has 1 aliphatic rings. The van der Waals surface area contributed by atoms with Gasteiger partial charge < -0.3 is 15.1 Å². The van der Waals surface area contributed by atoms with E-state index in [9.17, 15) is 9.59 Å². The maximum absolute atomic E-state index is 13.6. The van der Waals surface area contributed by atoms with Crippen molar-refractivity contribution in [1.29, 1.82) is 0 Å². The van der Waals surface area contributed by atoms with Crippen molar-refractivity contribution in [3.63, 3.8) is 0 Å². The molecule has 1 aliphatic carbocycles. The summed E-state index contributed by atoms with van der Waals surface area (Å²) in [5, 5.41) is 5.10. The molecule has 34 heavy (non-hydrogen) atoms. The Bertz CT molecular complexity index is 1110. The average Bonchev–Trinajstić information content (AvgIpc) is 3.29. The molecule has 0 spiro atoms. The van der Waals surface area contributed by atoms with Crippen molar-refractivity contribution in [1.82, 2.24) is 4.90 Å². The highest BCUT2D eigenvalue weighted by molar-refractivity contribution is 7.10. The van der Waals surface area contributed by atoms with Crippen molar-refractivity contribution in [2.24, 2.45) is 5.92 Å². The zero-order chi connectivity index (χ0) is 24.1. The van der Waals surface area contributed by atoms with Crippen molar-refractivity contribution in [3.8, 4) is 0 Å². The first-order chi connectivity index (χ1) is 16.4. The van der Waals surface area contributed by atoms with Crippen molar-refractivity contribution in [3.05, 3.63) is 82.0 Å². The summed E-state index contributed by atoms with van der Waals surface area (Å²) in [5.41, 5.74) is 3.94. The summed E-state index contributed by atoms with van der Waals surface area (Å²) in [6, 6.07) is 20.1. The number of carbonyl (C=O) groups excluding carboxylic acids is 2. The van der Waals surface area contributed by atoms with Gasteiger partial charge in [-0.05, 0) is 60.5 Å². The van der Waals surface area contributed by atoms with Crippen molar-refractivity contribution >= 4 is 34.5 Å². The van der Waals surface area contributed by atoms with Gasteiger partial charge in [0, 0.05) is 42.8 Å². The Morgan fingerprint density at radius 2 is 1.82 bits per heavy atom. The van der Waals surface area contributed by atoms with E-state index in [1.54, 1.807) is 11.3 Å². The third kappa shape index (κ3) is 5.68. The lowest BCUT2D eigenvalue weighted by Gasteiger charge is -2.32. The van der Waals surface area contributed by atoms with E-state index in [4.69, 9.17) is 0 Å². The third-order valence-electron chi connectivity index (χ3n) is 6.62. The van der Waals surface area contributed by atoms with Gasteiger partial charge in [-0.3, -0.25) is 9.59 Å². The lowest BCUT2D eigenvalue weighted by atomic mass is 9.85. The average molecular weight is 476 g/mol. The second kappa shape index (κ2) is 10.9. The number of benzene rings is 2. The summed E-state index contributed by atoms with van der Waals surface area (Å²) < 4.78 is 0. The van der Waals surface area contributed by atoms with Crippen LogP contribution in [-0.2, 0) is 22.6 Å². The maximum Gasteiger partial charge on any atom is 0.228 e. The van der Waals surface area contributed by atoms with E-state index < -0.39 is 0 Å². The van der Waals surface area contributed by atoms with Gasteiger partial charge in [0.2, 0.25) is 11.8 Å². The molecule has 0 aliphatic heterocycles. The van der Waals surface area contributed by atoms with Crippen LogP contribution in [0.15, 0.2) is 66.0 Å². The molecule has 1 unspecified atom stereocenters. The summed E-state index contributed by atoms with van der Waals surface area (Å²) in [7, 11) is 4.01. The normalized spacial score (nSPS) is 14.2. The number of hydrogen-bond acceptors (Lipinski definition) is 4. The second-order valence-corrected chi connectivity index (χ2v) is 10.3. The highest BCUT2D eigenvalue weighted by Crippen LogP contribution is 2.31. The van der Waals surface area contributed by atoms with Crippen LogP contribution in [0.2, 0.25) is 0 Å². The maximum atomic E-state index is 13.6. The molecule has 2 aromatic carbocycles. The summed E-state index contributed by atoms with van der Waals surface area (Å²) in [6.07, 6.45) is 3.44. The first-order valence-electron chi connectivity index (χ1n) is 11.9. The molecule has 3 aromatic rings. The summed E-state index contributed by atoms with van der Waals surface area (Å²) in [5.74, 6) is 0.310. The van der Waals surface area contributed by atoms with Gasteiger partial charge in [-0.15, -0.1) is 11.3 Å². The summed E-state index contributed by atoms with van der Waals surface area (Å²) >= 11 is 1.61. The van der Waals surface area contributed by atoms with Crippen LogP contribution in [0.4, 0.5) is 11.4 Å². The number of carbonyl (C=O) groups is 2. The zero-order valence-corrected chi connectivity index (χ0v) is 21.0. The van der Waals surface area contributed by atoms with E-state index >= 15 is 0 Å². The Morgan fingerprint density at radius 1 is 1.06 bits per heavy atom. The van der Waals surface area contributed by atoms with E-state index in [2.05, 4.69) is 29.3 Å². The molecule has 6 heteroatoms. The molecule has 178 valence electrons. The van der Waals surface area contributed by atoms with E-state index in [-0.39, 0.29) is 23.8 Å². The minimum Gasteiger partial charge on any atom is -0.377 e. The number of hydrogen-bond donors (Lipinski definition) is 1. The molecule has 1 N–H and O–H groups in total. The van der Waals surface area contributed by atoms with Gasteiger partial charge in [-0.1, -0.05) is 42.8 Å². The molecule has 1 aromatic heterocycles. The van der Waals surface area contributed by atoms with Crippen LogP contribution in [-0.4, -0.2) is 30.8 Å². The molecule has 1 fully saturated rings. The lowest BCUT2D eigenvalue weighted by Crippen LogP contribution is -2.34. The van der Waals surface area contributed by atoms with Crippen molar-refractivity contribution < 1.29 is 9.59 Å². The van der Waals surface area contributed by atoms with Crippen molar-refractivity contribution in [2.75, 3.05) is 24.3 Å². The number of amides is 2. The minimum absolute atomic E-state index is 0.0862. The largest absolute Gasteiger partial charge is 0.377 e. The molecule has 1 saturated carbocycles. The van der Waals surface area contributed by atoms with Crippen LogP contribution < -0.4 is 10.2 Å². The van der Waals surface area contributed by atoms with Gasteiger partial charge >= 0.3 is 0 Å². The molecular weight excluding hydrogens is 442 g/mol. The van der Waals surface area contributed by atoms with Crippen LogP contribution in [0.1, 0.15) is 48.2 Å². The summed E-state index contributed by atoms with van der Waals surface area (Å²) in [6.45, 7) is 2.54. The van der Waals surface area contributed by atoms with E-state index in [0.29, 0.717) is 13.0 Å². The topological polar surface area (TPSA) is 52.7 Å². The molecule has 4 rings (SSSR count). The van der Waals surface area contributed by atoms with E-state index in [1.807, 2.05) is 72.9 Å². The van der Waals surface area contributed by atoms with E-state index in [0.717, 1.165) is 46.6 Å². The van der Waals surface area contributed by atoms with Gasteiger partial charge in [-0.25, -0.2) is 0 Å². The Hall–Kier alpha value is -3.12. The molecule has 1 heterocycles. The fraction of sp³-hybridized carbons (Fsp3) is 0.357. The first kappa shape index (κ1) is 24.0. The monoisotopic (exact) mass is 475 g/mol. The van der Waals surface area contributed by atoms with Crippen LogP contribution in [0.5, 0.6) is 0 Å². The predicted molar refractivity (Wildman–Crippen MR) is 140 cm³/mol. The van der Waals surface area contributed by atoms with Crippen LogP contribution >= 0.6 is 11.3 Å². The molecule has 0 radical (unpaired) electrons. The number of anilines is 2. The van der Waals surface area contributed by atoms with Crippen molar-refractivity contribution in [2.45, 2.75) is 45.2 Å². The molecule has 2 amide bonds. The van der Waals surface area contributed by atoms with Crippen LogP contribution in [0.3, 0.4) is 0 Å². The Balaban J connectivity index is 1.63. The Morgan fingerprint density at radius 3 is 2.44 bits per heavy atom. The zero-order valence-electron chi connectivity index (χ0n) is 20.2. The lowest BCUT2D eigenvalue weighted by molar-refractivity contribution is -0.133. The van der Waals surface area contributed by atoms with E-state index in [1.165, 1.54) is 0 Å². The highest BCUT2D eigenvalue weighted by atomic mass is 32.1. The van der Waals surface area contributed by atoms with Gasteiger partial charge in [0.15, 0.2) is 0 Å².